The maximum atomic E-state index is 10.9. The summed E-state index contributed by atoms with van der Waals surface area (Å²) in [5.74, 6) is -0.0486. The van der Waals surface area contributed by atoms with Gasteiger partial charge in [0.05, 0.1) is 0 Å². The van der Waals surface area contributed by atoms with Gasteiger partial charge < -0.3 is 0 Å². The second kappa shape index (κ2) is 3.34. The molecule has 1 aliphatic rings. The van der Waals surface area contributed by atoms with Crippen molar-refractivity contribution in [1.82, 2.24) is 0 Å². The SMILES string of the molecule is [O]/N=C1/CCCCCC1=O. The van der Waals surface area contributed by atoms with Gasteiger partial charge in [0.2, 0.25) is 0 Å². The predicted octanol–water partition coefficient (Wildman–Crippen LogP) is 1.31. The Labute approximate surface area is 59.7 Å². The van der Waals surface area contributed by atoms with Crippen LogP contribution < -0.4 is 0 Å². The highest BCUT2D eigenvalue weighted by Crippen LogP contribution is 2.11. The first-order chi connectivity index (χ1) is 4.84. The standard InChI is InChI=1S/C7H10NO2/c9-7-5-3-1-2-4-6(7)8-10/h1-5H2/b8-6-. The molecule has 0 saturated heterocycles. The van der Waals surface area contributed by atoms with Crippen LogP contribution in [0.5, 0.6) is 0 Å². The summed E-state index contributed by atoms with van der Waals surface area (Å²) in [5.41, 5.74) is 0.248. The molecule has 1 fully saturated rings. The van der Waals surface area contributed by atoms with Crippen LogP contribution in [0.3, 0.4) is 0 Å². The molecule has 0 amide bonds. The second-order valence-corrected chi connectivity index (χ2v) is 2.52. The van der Waals surface area contributed by atoms with Crippen molar-refractivity contribution >= 4 is 11.5 Å². The topological polar surface area (TPSA) is 49.3 Å². The monoisotopic (exact) mass is 140 g/mol. The largest absolute Gasteiger partial charge is 0.293 e. The number of hydrogen-bond acceptors (Lipinski definition) is 2. The third-order valence-corrected chi connectivity index (χ3v) is 1.75. The summed E-state index contributed by atoms with van der Waals surface area (Å²) in [7, 11) is 0. The fraction of sp³-hybridized carbons (Fsp3) is 0.714. The van der Waals surface area contributed by atoms with Crippen molar-refractivity contribution in [3.05, 3.63) is 0 Å². The van der Waals surface area contributed by atoms with E-state index < -0.39 is 0 Å². The van der Waals surface area contributed by atoms with E-state index in [4.69, 9.17) is 0 Å². The molecule has 0 aromatic heterocycles. The van der Waals surface area contributed by atoms with Gasteiger partial charge in [-0.2, -0.15) is 0 Å². The van der Waals surface area contributed by atoms with Crippen molar-refractivity contribution in [2.45, 2.75) is 32.1 Å². The van der Waals surface area contributed by atoms with Crippen LogP contribution in [-0.2, 0) is 10.0 Å². The van der Waals surface area contributed by atoms with Crippen molar-refractivity contribution < 1.29 is 10.0 Å². The minimum atomic E-state index is -0.0486. The zero-order chi connectivity index (χ0) is 7.40. The Morgan fingerprint density at radius 2 is 1.80 bits per heavy atom. The third-order valence-electron chi connectivity index (χ3n) is 1.75. The van der Waals surface area contributed by atoms with Crippen molar-refractivity contribution in [1.29, 1.82) is 0 Å². The summed E-state index contributed by atoms with van der Waals surface area (Å²) in [4.78, 5) is 10.9. The average Bonchev–Trinajstić information content (AvgIpc) is 2.13. The van der Waals surface area contributed by atoms with Gasteiger partial charge in [0.15, 0.2) is 5.78 Å². The van der Waals surface area contributed by atoms with Crippen LogP contribution in [0.4, 0.5) is 0 Å². The number of carbonyl (C=O) groups excluding carboxylic acids is 1. The van der Waals surface area contributed by atoms with Gasteiger partial charge in [0, 0.05) is 6.42 Å². The van der Waals surface area contributed by atoms with Crippen LogP contribution in [-0.4, -0.2) is 11.5 Å². The molecule has 1 aliphatic carbocycles. The average molecular weight is 140 g/mol. The van der Waals surface area contributed by atoms with E-state index in [9.17, 15) is 10.0 Å². The zero-order valence-electron chi connectivity index (χ0n) is 5.80. The van der Waals surface area contributed by atoms with Gasteiger partial charge in [-0.1, -0.05) is 6.42 Å². The molecule has 0 heterocycles. The molecule has 3 heteroatoms. The van der Waals surface area contributed by atoms with E-state index in [1.165, 1.54) is 0 Å². The molecule has 10 heavy (non-hydrogen) atoms. The van der Waals surface area contributed by atoms with E-state index in [0.717, 1.165) is 19.3 Å². The Morgan fingerprint density at radius 1 is 1.10 bits per heavy atom. The van der Waals surface area contributed by atoms with E-state index in [1.807, 2.05) is 0 Å². The number of carbonyl (C=O) groups is 1. The minimum absolute atomic E-state index is 0.0486. The third kappa shape index (κ3) is 1.56. The quantitative estimate of drug-likeness (QED) is 0.369. The van der Waals surface area contributed by atoms with Crippen LogP contribution in [0, 0.1) is 0 Å². The lowest BCUT2D eigenvalue weighted by molar-refractivity contribution is -0.113. The molecule has 0 N–H and O–H groups in total. The van der Waals surface area contributed by atoms with E-state index >= 15 is 0 Å². The molecule has 0 bridgehead atoms. The van der Waals surface area contributed by atoms with Gasteiger partial charge in [0.25, 0.3) is 0 Å². The number of nitrogens with zero attached hydrogens (tertiary/aromatic N) is 1. The summed E-state index contributed by atoms with van der Waals surface area (Å²) < 4.78 is 0. The summed E-state index contributed by atoms with van der Waals surface area (Å²) in [5, 5.41) is 12.7. The van der Waals surface area contributed by atoms with Gasteiger partial charge >= 0.3 is 0 Å². The Bertz CT molecular complexity index is 163. The van der Waals surface area contributed by atoms with Crippen molar-refractivity contribution in [3.63, 3.8) is 0 Å². The molecule has 0 aromatic rings. The van der Waals surface area contributed by atoms with Crippen LogP contribution in [0.25, 0.3) is 0 Å². The zero-order valence-corrected chi connectivity index (χ0v) is 5.80. The van der Waals surface area contributed by atoms with E-state index in [1.54, 1.807) is 0 Å². The lowest BCUT2D eigenvalue weighted by Crippen LogP contribution is -2.10. The highest BCUT2D eigenvalue weighted by atomic mass is 16.4. The van der Waals surface area contributed by atoms with Crippen molar-refractivity contribution in [2.24, 2.45) is 5.16 Å². The van der Waals surface area contributed by atoms with E-state index in [0.29, 0.717) is 12.8 Å². The fourth-order valence-electron chi connectivity index (χ4n) is 1.14. The van der Waals surface area contributed by atoms with Crippen LogP contribution in [0.15, 0.2) is 5.16 Å². The molecule has 1 saturated carbocycles. The van der Waals surface area contributed by atoms with Gasteiger partial charge in [-0.05, 0) is 24.4 Å². The number of ketones is 1. The molecule has 0 aliphatic heterocycles. The molecule has 0 spiro atoms. The van der Waals surface area contributed by atoms with Crippen LogP contribution in [0.1, 0.15) is 32.1 Å². The molecule has 0 atom stereocenters. The van der Waals surface area contributed by atoms with Gasteiger partial charge in [-0.25, -0.2) is 0 Å². The summed E-state index contributed by atoms with van der Waals surface area (Å²) in [6.45, 7) is 0. The summed E-state index contributed by atoms with van der Waals surface area (Å²) in [6, 6.07) is 0. The highest BCUT2D eigenvalue weighted by molar-refractivity contribution is 6.39. The lowest BCUT2D eigenvalue weighted by Gasteiger charge is -1.91. The van der Waals surface area contributed by atoms with Crippen LogP contribution >= 0.6 is 0 Å². The Morgan fingerprint density at radius 3 is 2.50 bits per heavy atom. The van der Waals surface area contributed by atoms with Crippen LogP contribution in [0.2, 0.25) is 0 Å². The number of rotatable bonds is 0. The lowest BCUT2D eigenvalue weighted by atomic mass is 10.1. The Balaban J connectivity index is 2.61. The maximum Gasteiger partial charge on any atom is 0.180 e. The van der Waals surface area contributed by atoms with Crippen molar-refractivity contribution in [3.8, 4) is 0 Å². The maximum absolute atomic E-state index is 10.9. The van der Waals surface area contributed by atoms with E-state index in [2.05, 4.69) is 5.16 Å². The normalized spacial score (nSPS) is 24.8. The predicted molar refractivity (Wildman–Crippen MR) is 36.2 cm³/mol. The molecule has 1 rings (SSSR count). The smallest absolute Gasteiger partial charge is 0.180 e. The summed E-state index contributed by atoms with van der Waals surface area (Å²) >= 11 is 0. The first-order valence-corrected chi connectivity index (χ1v) is 3.57. The minimum Gasteiger partial charge on any atom is -0.293 e. The highest BCUT2D eigenvalue weighted by Gasteiger charge is 2.15. The molecule has 1 radical (unpaired) electrons. The molecule has 3 nitrogen and oxygen atoms in total. The van der Waals surface area contributed by atoms with Gasteiger partial charge in [-0.3, -0.25) is 4.79 Å². The first kappa shape index (κ1) is 7.25. The van der Waals surface area contributed by atoms with Crippen molar-refractivity contribution in [2.75, 3.05) is 0 Å². The summed E-state index contributed by atoms with van der Waals surface area (Å²) in [6.07, 6.45) is 4.00. The Kier molecular flexibility index (Phi) is 2.42. The Hall–Kier alpha value is -0.860. The van der Waals surface area contributed by atoms with Gasteiger partial charge in [-0.15, -0.1) is 5.21 Å². The molecule has 0 aromatic carbocycles. The molecular formula is C7H10NO2. The molecular weight excluding hydrogens is 130 g/mol. The molecule has 0 unspecified atom stereocenters. The van der Waals surface area contributed by atoms with Gasteiger partial charge in [0.1, 0.15) is 5.71 Å². The van der Waals surface area contributed by atoms with E-state index in [-0.39, 0.29) is 11.5 Å². The molecule has 55 valence electrons. The second-order valence-electron chi connectivity index (χ2n) is 2.52. The number of hydrogen-bond donors (Lipinski definition) is 0. The number of Topliss-reactive ketones (excluding diaryl/α,β-unsaturated/α-hetero) is 1. The fourth-order valence-corrected chi connectivity index (χ4v) is 1.14. The first-order valence-electron chi connectivity index (χ1n) is 3.57.